The second-order valence-electron chi connectivity index (χ2n) is 11.4. The van der Waals surface area contributed by atoms with Crippen molar-refractivity contribution in [2.24, 2.45) is 0 Å². The van der Waals surface area contributed by atoms with Crippen LogP contribution in [0.4, 0.5) is 5.69 Å². The molecular weight excluding hydrogens is 598 g/mol. The van der Waals surface area contributed by atoms with Gasteiger partial charge in [0.05, 0.1) is 23.9 Å². The molecule has 0 bridgehead atoms. The van der Waals surface area contributed by atoms with Crippen LogP contribution in [0.15, 0.2) is 65.6 Å². The van der Waals surface area contributed by atoms with Crippen LogP contribution in [-0.2, 0) is 9.53 Å². The van der Waals surface area contributed by atoms with Gasteiger partial charge in [-0.25, -0.2) is 4.98 Å². The number of halogens is 1. The molecule has 0 saturated carbocycles. The van der Waals surface area contributed by atoms with Gasteiger partial charge in [-0.05, 0) is 63.4 Å². The molecule has 236 valence electrons. The summed E-state index contributed by atoms with van der Waals surface area (Å²) in [6.07, 6.45) is 4.68. The largest absolute Gasteiger partial charge is 0.467 e. The molecule has 45 heavy (non-hydrogen) atoms. The van der Waals surface area contributed by atoms with E-state index in [1.165, 1.54) is 31.5 Å². The number of methoxy groups -OCH3 is 1. The number of hydrogen-bond donors (Lipinski definition) is 3. The number of nitrogens with one attached hydrogen (secondary N) is 3. The van der Waals surface area contributed by atoms with E-state index in [0.717, 1.165) is 18.4 Å². The molecule has 4 aromatic rings. The number of aromatic amines is 1. The van der Waals surface area contributed by atoms with Gasteiger partial charge in [-0.3, -0.25) is 19.2 Å². The number of amides is 2. The third-order valence-electron chi connectivity index (χ3n) is 6.78. The number of esters is 1. The van der Waals surface area contributed by atoms with Crippen molar-refractivity contribution >= 4 is 46.1 Å². The Bertz CT molecular complexity index is 1740. The van der Waals surface area contributed by atoms with Crippen LogP contribution in [0.1, 0.15) is 85.2 Å². The molecule has 1 atom stereocenters. The van der Waals surface area contributed by atoms with Gasteiger partial charge in [0, 0.05) is 23.6 Å². The van der Waals surface area contributed by atoms with E-state index in [1.807, 2.05) is 51.1 Å². The van der Waals surface area contributed by atoms with Gasteiger partial charge in [0.25, 0.3) is 17.4 Å². The second kappa shape index (κ2) is 14.8. The molecule has 2 heterocycles. The Morgan fingerprint density at radius 3 is 2.47 bits per heavy atom. The third-order valence-corrected chi connectivity index (χ3v) is 7.11. The number of H-pyrrole nitrogens is 1. The first-order chi connectivity index (χ1) is 21.4. The lowest BCUT2D eigenvalue weighted by molar-refractivity contribution is -0.154. The minimum absolute atomic E-state index is 0.0740. The Hall–Kier alpha value is -4.77. The van der Waals surface area contributed by atoms with Gasteiger partial charge in [-0.15, -0.1) is 0 Å². The lowest BCUT2D eigenvalue weighted by atomic mass is 9.99. The minimum Gasteiger partial charge on any atom is -0.467 e. The number of benzene rings is 2. The lowest BCUT2D eigenvalue weighted by Gasteiger charge is -2.20. The Morgan fingerprint density at radius 2 is 1.76 bits per heavy atom. The number of aromatic nitrogens is 3. The van der Waals surface area contributed by atoms with Gasteiger partial charge in [-0.2, -0.15) is 4.98 Å². The highest BCUT2D eigenvalue weighted by molar-refractivity contribution is 6.34. The van der Waals surface area contributed by atoms with E-state index in [0.29, 0.717) is 24.6 Å². The lowest BCUT2D eigenvalue weighted by Crippen LogP contribution is -2.29. The van der Waals surface area contributed by atoms with Crippen LogP contribution in [-0.4, -0.2) is 45.4 Å². The zero-order valence-corrected chi connectivity index (χ0v) is 26.4. The summed E-state index contributed by atoms with van der Waals surface area (Å²) in [5.74, 6) is -1.30. The first-order valence-electron chi connectivity index (χ1n) is 14.6. The fourth-order valence-electron chi connectivity index (χ4n) is 4.63. The topological polar surface area (TPSA) is 152 Å². The van der Waals surface area contributed by atoms with Gasteiger partial charge in [-0.1, -0.05) is 54.8 Å². The fraction of sp³-hybridized carbons (Fsp3) is 0.333. The molecule has 3 N–H and O–H groups in total. The minimum atomic E-state index is -0.720. The van der Waals surface area contributed by atoms with Crippen molar-refractivity contribution in [3.8, 4) is 6.01 Å². The van der Waals surface area contributed by atoms with Crippen LogP contribution in [0.2, 0.25) is 5.02 Å². The summed E-state index contributed by atoms with van der Waals surface area (Å²) in [6.45, 7) is 5.53. The number of rotatable bonds is 12. The summed E-state index contributed by atoms with van der Waals surface area (Å²) in [5, 5.41) is 6.33. The average Bonchev–Trinajstić information content (AvgIpc) is 3.00. The molecule has 0 aliphatic heterocycles. The number of unbranched alkanes of at least 4 members (excludes halogenated alkanes) is 2. The number of nitrogens with zero attached hydrogens (tertiary/aromatic N) is 2. The molecule has 0 aliphatic rings. The molecule has 0 aliphatic carbocycles. The van der Waals surface area contributed by atoms with Crippen molar-refractivity contribution < 1.29 is 23.9 Å². The quantitative estimate of drug-likeness (QED) is 0.127. The number of fused-ring (bicyclic) bond motifs is 1. The number of carbonyl (C=O) groups is 3. The standard InChI is InChI=1S/C33H36ClN5O6/c1-33(2,3)45-27(40)14-10-6-9-13-25(20-11-7-5-8-12-20)36-29(41)21-15-16-24(34)26(18-21)37-30(42)23-17-22-19-35-32(44-4)39-28(22)38-31(23)43/h5,7-8,11-12,15-19,25H,6,9-10,13-14H2,1-4H3,(H,36,41)(H,37,42)(H,35,38,39,43). The van der Waals surface area contributed by atoms with E-state index < -0.39 is 17.1 Å². The van der Waals surface area contributed by atoms with E-state index in [-0.39, 0.29) is 51.4 Å². The number of anilines is 1. The van der Waals surface area contributed by atoms with Crippen molar-refractivity contribution in [2.45, 2.75) is 64.5 Å². The highest BCUT2D eigenvalue weighted by atomic mass is 35.5. The Morgan fingerprint density at radius 1 is 1.00 bits per heavy atom. The van der Waals surface area contributed by atoms with Crippen LogP contribution in [0.5, 0.6) is 6.01 Å². The van der Waals surface area contributed by atoms with Crippen LogP contribution in [0, 0.1) is 0 Å². The summed E-state index contributed by atoms with van der Waals surface area (Å²) in [6, 6.07) is 15.3. The smallest absolute Gasteiger partial charge is 0.318 e. The van der Waals surface area contributed by atoms with E-state index in [2.05, 4.69) is 25.6 Å². The molecule has 1 unspecified atom stereocenters. The maximum Gasteiger partial charge on any atom is 0.318 e. The fourth-order valence-corrected chi connectivity index (χ4v) is 4.80. The van der Waals surface area contributed by atoms with Crippen molar-refractivity contribution in [2.75, 3.05) is 12.4 Å². The Labute approximate surface area is 265 Å². The number of ether oxygens (including phenoxy) is 2. The number of hydrogen-bond acceptors (Lipinski definition) is 8. The first kappa shape index (κ1) is 33.1. The molecule has 12 heteroatoms. The zero-order chi connectivity index (χ0) is 32.6. The molecule has 0 spiro atoms. The molecule has 0 fully saturated rings. The van der Waals surface area contributed by atoms with Crippen LogP contribution >= 0.6 is 11.6 Å². The maximum absolute atomic E-state index is 13.4. The third kappa shape index (κ3) is 9.36. The van der Waals surface area contributed by atoms with Gasteiger partial charge >= 0.3 is 12.0 Å². The molecule has 2 aromatic heterocycles. The SMILES string of the molecule is COc1ncc2cc(C(=O)Nc3cc(C(=O)NC(CCCCCC(=O)OC(C)(C)C)c4ccccc4)ccc3Cl)c(=O)[nH]c2n1. The van der Waals surface area contributed by atoms with Crippen molar-refractivity contribution in [1.29, 1.82) is 0 Å². The molecule has 2 amide bonds. The normalized spacial score (nSPS) is 11.9. The van der Waals surface area contributed by atoms with Gasteiger partial charge in [0.1, 0.15) is 16.8 Å². The Kier molecular flexibility index (Phi) is 10.9. The van der Waals surface area contributed by atoms with E-state index in [1.54, 1.807) is 6.07 Å². The molecule has 2 aromatic carbocycles. The highest BCUT2D eigenvalue weighted by Crippen LogP contribution is 2.26. The van der Waals surface area contributed by atoms with Gasteiger partial charge in [0.15, 0.2) is 0 Å². The van der Waals surface area contributed by atoms with Crippen LogP contribution in [0.25, 0.3) is 11.0 Å². The molecule has 0 radical (unpaired) electrons. The van der Waals surface area contributed by atoms with Crippen molar-refractivity contribution in [3.05, 3.63) is 92.9 Å². The summed E-state index contributed by atoms with van der Waals surface area (Å²) in [7, 11) is 1.40. The highest BCUT2D eigenvalue weighted by Gasteiger charge is 2.20. The average molecular weight is 634 g/mol. The summed E-state index contributed by atoms with van der Waals surface area (Å²) in [4.78, 5) is 61.8. The zero-order valence-electron chi connectivity index (χ0n) is 25.6. The van der Waals surface area contributed by atoms with Crippen molar-refractivity contribution in [1.82, 2.24) is 20.3 Å². The van der Waals surface area contributed by atoms with Gasteiger partial charge in [0.2, 0.25) is 0 Å². The molecular formula is C33H36ClN5O6. The first-order valence-corrected chi connectivity index (χ1v) is 14.9. The maximum atomic E-state index is 13.4. The second-order valence-corrected chi connectivity index (χ2v) is 11.9. The monoisotopic (exact) mass is 633 g/mol. The van der Waals surface area contributed by atoms with E-state index >= 15 is 0 Å². The van der Waals surface area contributed by atoms with Crippen LogP contribution < -0.4 is 20.9 Å². The molecule has 11 nitrogen and oxygen atoms in total. The number of pyridine rings is 1. The molecule has 4 rings (SSSR count). The Balaban J connectivity index is 1.43. The van der Waals surface area contributed by atoms with E-state index in [4.69, 9.17) is 21.1 Å². The summed E-state index contributed by atoms with van der Waals surface area (Å²) < 4.78 is 10.4. The predicted molar refractivity (Wildman–Crippen MR) is 172 cm³/mol. The van der Waals surface area contributed by atoms with Crippen molar-refractivity contribution in [3.63, 3.8) is 0 Å². The summed E-state index contributed by atoms with van der Waals surface area (Å²) >= 11 is 6.36. The predicted octanol–water partition coefficient (Wildman–Crippen LogP) is 6.00. The van der Waals surface area contributed by atoms with E-state index in [9.17, 15) is 19.2 Å². The van der Waals surface area contributed by atoms with Crippen LogP contribution in [0.3, 0.4) is 0 Å². The van der Waals surface area contributed by atoms with Gasteiger partial charge < -0.3 is 25.1 Å². The molecule has 0 saturated heterocycles. The number of carbonyl (C=O) groups excluding carboxylic acids is 3. The summed E-state index contributed by atoms with van der Waals surface area (Å²) in [5.41, 5.74) is 0.240.